The first-order valence-corrected chi connectivity index (χ1v) is 6.80. The van der Waals surface area contributed by atoms with Crippen LogP contribution in [0.25, 0.3) is 6.08 Å². The zero-order valence-electron chi connectivity index (χ0n) is 12.4. The fourth-order valence-corrected chi connectivity index (χ4v) is 3.18. The van der Waals surface area contributed by atoms with Crippen molar-refractivity contribution in [3.05, 3.63) is 65.3 Å². The Labute approximate surface area is 159 Å². The van der Waals surface area contributed by atoms with Crippen LogP contribution in [-0.4, -0.2) is 0 Å². The summed E-state index contributed by atoms with van der Waals surface area (Å²) < 4.78 is 0. The minimum Gasteiger partial charge on any atom is -1.00 e. The average Bonchev–Trinajstić information content (AvgIpc) is 3.07. The molecule has 2 unspecified atom stereocenters. The predicted octanol–water partition coefficient (Wildman–Crippen LogP) is -1.09. The van der Waals surface area contributed by atoms with Gasteiger partial charge in [-0.3, -0.25) is 6.08 Å². The van der Waals surface area contributed by atoms with Crippen LogP contribution in [0.15, 0.2) is 48.1 Å². The van der Waals surface area contributed by atoms with E-state index in [0.717, 1.165) is 12.8 Å². The Morgan fingerprint density at radius 1 is 1.19 bits per heavy atom. The molecule has 0 bridgehead atoms. The molecule has 0 heterocycles. The van der Waals surface area contributed by atoms with Gasteiger partial charge in [0.1, 0.15) is 0 Å². The van der Waals surface area contributed by atoms with Gasteiger partial charge in [-0.2, -0.15) is 6.08 Å². The molecule has 2 aliphatic carbocycles. The molecule has 0 fully saturated rings. The molecule has 1 aromatic carbocycles. The van der Waals surface area contributed by atoms with E-state index >= 15 is 0 Å². The van der Waals surface area contributed by atoms with Crippen LogP contribution in [0.3, 0.4) is 0 Å². The number of fused-ring (bicyclic) bond motifs is 1. The molecule has 0 N–H and O–H groups in total. The predicted molar refractivity (Wildman–Crippen MR) is 77.1 cm³/mol. The molecule has 1 radical (unpaired) electrons. The van der Waals surface area contributed by atoms with E-state index < -0.39 is 0 Å². The molecule has 0 aliphatic heterocycles. The van der Waals surface area contributed by atoms with E-state index in [1.807, 2.05) is 0 Å². The summed E-state index contributed by atoms with van der Waals surface area (Å²) in [5, 5.41) is 0. The van der Waals surface area contributed by atoms with Crippen LogP contribution in [0.4, 0.5) is 0 Å². The first-order valence-electron chi connectivity index (χ1n) is 6.80. The van der Waals surface area contributed by atoms with Gasteiger partial charge >= 0.3 is 26.2 Å². The van der Waals surface area contributed by atoms with E-state index in [1.54, 1.807) is 0 Å². The monoisotopic (exact) mass is 395 g/mol. The van der Waals surface area contributed by atoms with E-state index in [4.69, 9.17) is 0 Å². The van der Waals surface area contributed by atoms with Crippen LogP contribution in [0.2, 0.25) is 0 Å². The molecule has 2 aliphatic rings. The summed E-state index contributed by atoms with van der Waals surface area (Å²) in [6.07, 6.45) is 14.8. The smallest absolute Gasteiger partial charge is 1.00 e. The third-order valence-corrected chi connectivity index (χ3v) is 4.53. The van der Waals surface area contributed by atoms with Gasteiger partial charge in [0, 0.05) is 5.92 Å². The molecule has 2 atom stereocenters. The minimum atomic E-state index is 0. The Hall–Kier alpha value is -0.0969. The second-order valence-electron chi connectivity index (χ2n) is 5.43. The van der Waals surface area contributed by atoms with Gasteiger partial charge < -0.3 is 24.8 Å². The number of halogens is 2. The van der Waals surface area contributed by atoms with E-state index in [-0.39, 0.29) is 56.4 Å². The van der Waals surface area contributed by atoms with Gasteiger partial charge in [0.05, 0.1) is 0 Å². The third-order valence-electron chi connectivity index (χ3n) is 4.53. The van der Waals surface area contributed by atoms with Gasteiger partial charge in [-0.15, -0.1) is 6.42 Å². The number of hydrogen-bond donors (Lipinski definition) is 0. The standard InChI is InChI=1S/C18H19.2ClH.Zr/c1-3-18(2,15-9-5-6-10-15)17-13-12-14-8-4-7-11-16(14)17;;;/h4-5,7-9,11-13,17H,3,6H2,1-2H3;2*1H;/q-1;;;+3/p-2. The van der Waals surface area contributed by atoms with Crippen LogP contribution in [-0.2, 0) is 26.2 Å². The SMILES string of the molecule is CCC(C)(C1=[C-]CC=C1)C1C=Cc2ccccc21.[Cl-].[Cl-].[Zr+3]. The largest absolute Gasteiger partial charge is 3.00 e. The molecule has 3 rings (SSSR count). The topological polar surface area (TPSA) is 0 Å². The van der Waals surface area contributed by atoms with Crippen molar-refractivity contribution >= 4 is 6.08 Å². The molecule has 0 amide bonds. The second kappa shape index (κ2) is 8.51. The molecule has 109 valence electrons. The molecule has 0 nitrogen and oxygen atoms in total. The average molecular weight is 397 g/mol. The van der Waals surface area contributed by atoms with Crippen molar-refractivity contribution in [2.24, 2.45) is 5.41 Å². The third kappa shape index (κ3) is 3.63. The molecule has 0 saturated carbocycles. The molecule has 0 aromatic heterocycles. The van der Waals surface area contributed by atoms with Gasteiger partial charge in [0.25, 0.3) is 0 Å². The van der Waals surface area contributed by atoms with Crippen LogP contribution < -0.4 is 24.8 Å². The van der Waals surface area contributed by atoms with Crippen LogP contribution in [0.5, 0.6) is 0 Å². The summed E-state index contributed by atoms with van der Waals surface area (Å²) in [7, 11) is 0. The van der Waals surface area contributed by atoms with Crippen LogP contribution >= 0.6 is 0 Å². The maximum absolute atomic E-state index is 3.53. The van der Waals surface area contributed by atoms with E-state index in [0.29, 0.717) is 5.92 Å². The Morgan fingerprint density at radius 2 is 1.90 bits per heavy atom. The van der Waals surface area contributed by atoms with Crippen LogP contribution in [0.1, 0.15) is 43.7 Å². The molecule has 1 aromatic rings. The number of allylic oxidation sites excluding steroid dienone is 5. The van der Waals surface area contributed by atoms with Crippen LogP contribution in [0, 0.1) is 11.5 Å². The first kappa shape index (κ1) is 20.9. The van der Waals surface area contributed by atoms with Gasteiger partial charge in [0.2, 0.25) is 0 Å². The van der Waals surface area contributed by atoms with Crippen molar-refractivity contribution in [1.29, 1.82) is 0 Å². The minimum absolute atomic E-state index is 0. The van der Waals surface area contributed by atoms with Gasteiger partial charge in [-0.25, -0.2) is 11.6 Å². The Bertz CT molecular complexity index is 560. The van der Waals surface area contributed by atoms with E-state index in [2.05, 4.69) is 68.5 Å². The molecular formula is C18H19Cl2Zr. The summed E-state index contributed by atoms with van der Waals surface area (Å²) in [6, 6.07) is 8.75. The van der Waals surface area contributed by atoms with E-state index in [1.165, 1.54) is 16.7 Å². The van der Waals surface area contributed by atoms with Crippen molar-refractivity contribution in [1.82, 2.24) is 0 Å². The maximum Gasteiger partial charge on any atom is 3.00 e. The van der Waals surface area contributed by atoms with Crippen molar-refractivity contribution in [3.8, 4) is 0 Å². The number of benzene rings is 1. The van der Waals surface area contributed by atoms with Gasteiger partial charge in [-0.1, -0.05) is 50.3 Å². The van der Waals surface area contributed by atoms with Crippen molar-refractivity contribution in [3.63, 3.8) is 0 Å². The number of hydrogen-bond acceptors (Lipinski definition) is 0. The normalized spacial score (nSPS) is 20.5. The molecule has 21 heavy (non-hydrogen) atoms. The van der Waals surface area contributed by atoms with Gasteiger partial charge in [0.15, 0.2) is 0 Å². The zero-order chi connectivity index (χ0) is 12.6. The molecule has 0 saturated heterocycles. The Balaban J connectivity index is 0.00000133. The van der Waals surface area contributed by atoms with E-state index in [9.17, 15) is 0 Å². The fourth-order valence-electron chi connectivity index (χ4n) is 3.18. The summed E-state index contributed by atoms with van der Waals surface area (Å²) >= 11 is 0. The summed E-state index contributed by atoms with van der Waals surface area (Å²) in [4.78, 5) is 0. The summed E-state index contributed by atoms with van der Waals surface area (Å²) in [5.41, 5.74) is 4.41. The Morgan fingerprint density at radius 3 is 2.52 bits per heavy atom. The summed E-state index contributed by atoms with van der Waals surface area (Å²) in [5.74, 6) is 0.490. The van der Waals surface area contributed by atoms with Crippen molar-refractivity contribution in [2.45, 2.75) is 32.6 Å². The Kier molecular flexibility index (Phi) is 8.47. The van der Waals surface area contributed by atoms with Crippen molar-refractivity contribution < 1.29 is 51.0 Å². The molecule has 0 spiro atoms. The van der Waals surface area contributed by atoms with Gasteiger partial charge in [-0.05, 0) is 23.0 Å². The molecular weight excluding hydrogens is 378 g/mol. The fraction of sp³-hybridized carbons (Fsp3) is 0.333. The molecule has 3 heteroatoms. The summed E-state index contributed by atoms with van der Waals surface area (Å²) in [6.45, 7) is 4.66. The quantitative estimate of drug-likeness (QED) is 0.569. The maximum atomic E-state index is 3.53. The second-order valence-corrected chi connectivity index (χ2v) is 5.43. The zero-order valence-corrected chi connectivity index (χ0v) is 16.3. The number of rotatable bonds is 3. The first-order chi connectivity index (χ1) is 8.75. The van der Waals surface area contributed by atoms with Crippen molar-refractivity contribution in [2.75, 3.05) is 0 Å².